The highest BCUT2D eigenvalue weighted by molar-refractivity contribution is 5.98. The summed E-state index contributed by atoms with van der Waals surface area (Å²) in [5.74, 6) is 0. The van der Waals surface area contributed by atoms with E-state index in [1.165, 1.54) is 0 Å². The summed E-state index contributed by atoms with van der Waals surface area (Å²) in [6.45, 7) is 7.08. The molecule has 0 aliphatic heterocycles. The van der Waals surface area contributed by atoms with Crippen molar-refractivity contribution in [2.45, 2.75) is 26.4 Å². The smallest absolute Gasteiger partial charge is 0.0951 e. The van der Waals surface area contributed by atoms with Crippen LogP contribution in [0.2, 0.25) is 0 Å². The molecule has 19 heavy (non-hydrogen) atoms. The molecule has 0 aliphatic carbocycles. The lowest BCUT2D eigenvalue weighted by Gasteiger charge is -2.30. The highest BCUT2D eigenvalue weighted by Crippen LogP contribution is 2.30. The van der Waals surface area contributed by atoms with E-state index in [4.69, 9.17) is 5.73 Å². The Balaban J connectivity index is 2.52. The van der Waals surface area contributed by atoms with Gasteiger partial charge in [-0.2, -0.15) is 0 Å². The first-order chi connectivity index (χ1) is 8.92. The summed E-state index contributed by atoms with van der Waals surface area (Å²) in [6.07, 6.45) is 1.74. The molecule has 1 heterocycles. The van der Waals surface area contributed by atoms with E-state index >= 15 is 0 Å². The average molecular weight is 259 g/mol. The van der Waals surface area contributed by atoms with Crippen molar-refractivity contribution in [2.24, 2.45) is 0 Å². The van der Waals surface area contributed by atoms with Crippen molar-refractivity contribution in [3.63, 3.8) is 0 Å². The quantitative estimate of drug-likeness (QED) is 0.828. The fourth-order valence-electron chi connectivity index (χ4n) is 2.29. The number of nitrogens with zero attached hydrogens (tertiary/aromatic N) is 2. The predicted molar refractivity (Wildman–Crippen MR) is 80.3 cm³/mol. The van der Waals surface area contributed by atoms with Crippen molar-refractivity contribution in [3.8, 4) is 0 Å². The molecule has 4 heteroatoms. The van der Waals surface area contributed by atoms with Crippen LogP contribution in [0.5, 0.6) is 0 Å². The van der Waals surface area contributed by atoms with Crippen molar-refractivity contribution < 1.29 is 5.11 Å². The van der Waals surface area contributed by atoms with Gasteiger partial charge in [0, 0.05) is 30.4 Å². The molecule has 0 aliphatic rings. The number of nitrogen functional groups attached to an aromatic ring is 1. The van der Waals surface area contributed by atoms with Crippen LogP contribution in [-0.2, 0) is 0 Å². The fourth-order valence-corrected chi connectivity index (χ4v) is 2.29. The van der Waals surface area contributed by atoms with Gasteiger partial charge in [0.25, 0.3) is 0 Å². The van der Waals surface area contributed by atoms with Crippen LogP contribution in [0.15, 0.2) is 30.5 Å². The Morgan fingerprint density at radius 2 is 2.05 bits per heavy atom. The second kappa shape index (κ2) is 5.05. The number of nitrogens with two attached hydrogens (primary N) is 1. The van der Waals surface area contributed by atoms with Gasteiger partial charge in [0.15, 0.2) is 0 Å². The first-order valence-electron chi connectivity index (χ1n) is 6.53. The normalized spacial score (nSPS) is 11.8. The first-order valence-corrected chi connectivity index (χ1v) is 6.53. The lowest BCUT2D eigenvalue weighted by molar-refractivity contribution is 0.0876. The van der Waals surface area contributed by atoms with E-state index < -0.39 is 5.60 Å². The number of aromatic nitrogens is 1. The third-order valence-corrected chi connectivity index (χ3v) is 3.08. The highest BCUT2D eigenvalue weighted by atomic mass is 16.3. The van der Waals surface area contributed by atoms with Crippen LogP contribution >= 0.6 is 0 Å². The zero-order valence-electron chi connectivity index (χ0n) is 11.7. The molecule has 4 nitrogen and oxygen atoms in total. The second-order valence-corrected chi connectivity index (χ2v) is 5.40. The molecular weight excluding hydrogens is 238 g/mol. The Bertz CT molecular complexity index is 575. The summed E-state index contributed by atoms with van der Waals surface area (Å²) in [6, 6.07) is 7.79. The molecule has 1 aromatic carbocycles. The highest BCUT2D eigenvalue weighted by Gasteiger charge is 2.19. The molecule has 0 amide bonds. The maximum atomic E-state index is 10.0. The summed E-state index contributed by atoms with van der Waals surface area (Å²) in [5, 5.41) is 11.0. The minimum absolute atomic E-state index is 0.567. The maximum absolute atomic E-state index is 10.0. The van der Waals surface area contributed by atoms with Crippen LogP contribution in [0.4, 0.5) is 11.4 Å². The number of hydrogen-bond donors (Lipinski definition) is 2. The number of anilines is 2. The number of likely N-dealkylation sites (N-methyl/N-ethyl adjacent to an activating group) is 1. The fraction of sp³-hybridized carbons (Fsp3) is 0.400. The van der Waals surface area contributed by atoms with E-state index in [-0.39, 0.29) is 0 Å². The average Bonchev–Trinajstić information content (AvgIpc) is 2.36. The second-order valence-electron chi connectivity index (χ2n) is 5.40. The van der Waals surface area contributed by atoms with Gasteiger partial charge >= 0.3 is 0 Å². The Morgan fingerprint density at radius 3 is 2.68 bits per heavy atom. The van der Waals surface area contributed by atoms with Crippen molar-refractivity contribution in [1.29, 1.82) is 0 Å². The minimum atomic E-state index is -0.744. The molecule has 2 rings (SSSR count). The van der Waals surface area contributed by atoms with Crippen LogP contribution < -0.4 is 10.6 Å². The van der Waals surface area contributed by atoms with Crippen LogP contribution in [-0.4, -0.2) is 28.8 Å². The minimum Gasteiger partial charge on any atom is -0.397 e. The summed E-state index contributed by atoms with van der Waals surface area (Å²) in [7, 11) is 0. The van der Waals surface area contributed by atoms with Gasteiger partial charge in [0.05, 0.1) is 16.8 Å². The monoisotopic (exact) mass is 259 g/mol. The lowest BCUT2D eigenvalue weighted by atomic mass is 10.1. The van der Waals surface area contributed by atoms with Crippen molar-refractivity contribution in [1.82, 2.24) is 4.98 Å². The predicted octanol–water partition coefficient (Wildman–Crippen LogP) is 2.41. The summed E-state index contributed by atoms with van der Waals surface area (Å²) in [5.41, 5.74) is 7.77. The van der Waals surface area contributed by atoms with E-state index in [1.807, 2.05) is 38.1 Å². The van der Waals surface area contributed by atoms with Crippen molar-refractivity contribution in [3.05, 3.63) is 30.5 Å². The molecule has 0 saturated heterocycles. The maximum Gasteiger partial charge on any atom is 0.0951 e. The van der Waals surface area contributed by atoms with E-state index in [2.05, 4.69) is 16.8 Å². The lowest BCUT2D eigenvalue weighted by Crippen LogP contribution is -2.38. The van der Waals surface area contributed by atoms with Gasteiger partial charge in [-0.25, -0.2) is 0 Å². The van der Waals surface area contributed by atoms with E-state index in [0.717, 1.165) is 23.1 Å². The van der Waals surface area contributed by atoms with Crippen molar-refractivity contribution in [2.75, 3.05) is 23.7 Å². The molecule has 0 fully saturated rings. The molecule has 0 radical (unpaired) electrons. The summed E-state index contributed by atoms with van der Waals surface area (Å²) >= 11 is 0. The SMILES string of the molecule is CCN(CC(C)(C)O)c1ccc(N)c2ncccc12. The Hall–Kier alpha value is -1.81. The number of pyridine rings is 1. The third-order valence-electron chi connectivity index (χ3n) is 3.08. The van der Waals surface area contributed by atoms with Gasteiger partial charge in [-0.3, -0.25) is 4.98 Å². The zero-order chi connectivity index (χ0) is 14.0. The number of rotatable bonds is 4. The molecule has 0 unspecified atom stereocenters. The van der Waals surface area contributed by atoms with Gasteiger partial charge in [0.2, 0.25) is 0 Å². The largest absolute Gasteiger partial charge is 0.397 e. The molecule has 3 N–H and O–H groups in total. The van der Waals surface area contributed by atoms with Gasteiger partial charge in [-0.05, 0) is 45.0 Å². The summed E-state index contributed by atoms with van der Waals surface area (Å²) in [4.78, 5) is 6.48. The molecule has 0 saturated carbocycles. The Morgan fingerprint density at radius 1 is 1.32 bits per heavy atom. The van der Waals surface area contributed by atoms with E-state index in [9.17, 15) is 5.11 Å². The van der Waals surface area contributed by atoms with E-state index in [0.29, 0.717) is 12.2 Å². The van der Waals surface area contributed by atoms with Gasteiger partial charge in [0.1, 0.15) is 0 Å². The van der Waals surface area contributed by atoms with Crippen molar-refractivity contribution >= 4 is 22.3 Å². The molecule has 0 atom stereocenters. The van der Waals surface area contributed by atoms with E-state index in [1.54, 1.807) is 6.20 Å². The number of benzene rings is 1. The molecule has 102 valence electrons. The number of aliphatic hydroxyl groups is 1. The van der Waals surface area contributed by atoms with Gasteiger partial charge < -0.3 is 15.7 Å². The van der Waals surface area contributed by atoms with Crippen LogP contribution in [0.1, 0.15) is 20.8 Å². The molecule has 0 bridgehead atoms. The number of hydrogen-bond acceptors (Lipinski definition) is 4. The Kier molecular flexibility index (Phi) is 3.62. The standard InChI is InChI=1S/C15H21N3O/c1-4-18(10-15(2,3)19)13-8-7-12(16)14-11(13)6-5-9-17-14/h5-9,19H,4,10,16H2,1-3H3. The Labute approximate surface area is 113 Å². The molecule has 2 aromatic rings. The zero-order valence-corrected chi connectivity index (χ0v) is 11.7. The van der Waals surface area contributed by atoms with Crippen LogP contribution in [0, 0.1) is 0 Å². The summed E-state index contributed by atoms with van der Waals surface area (Å²) < 4.78 is 0. The topological polar surface area (TPSA) is 62.4 Å². The molecule has 1 aromatic heterocycles. The third kappa shape index (κ3) is 2.96. The van der Waals surface area contributed by atoms with Gasteiger partial charge in [-0.15, -0.1) is 0 Å². The molecule has 0 spiro atoms. The first kappa shape index (κ1) is 13.6. The van der Waals surface area contributed by atoms with Crippen LogP contribution in [0.3, 0.4) is 0 Å². The number of fused-ring (bicyclic) bond motifs is 1. The van der Waals surface area contributed by atoms with Crippen LogP contribution in [0.25, 0.3) is 10.9 Å². The molecular formula is C15H21N3O. The van der Waals surface area contributed by atoms with Gasteiger partial charge in [-0.1, -0.05) is 0 Å².